The predicted octanol–water partition coefficient (Wildman–Crippen LogP) is 3.23. The quantitative estimate of drug-likeness (QED) is 0.817. The molecule has 5 heteroatoms. The lowest BCUT2D eigenvalue weighted by atomic mass is 10.1. The molecule has 98 valence electrons. The average molecular weight is 263 g/mol. The molecule has 0 aliphatic rings. The first kappa shape index (κ1) is 13.0. The highest BCUT2D eigenvalue weighted by atomic mass is 19.1. The number of anilines is 1. The Kier molecular flexibility index (Phi) is 3.46. The van der Waals surface area contributed by atoms with Crippen LogP contribution < -0.4 is 5.32 Å². The van der Waals surface area contributed by atoms with Crippen LogP contribution in [0, 0.1) is 18.6 Å². The van der Waals surface area contributed by atoms with Crippen molar-refractivity contribution in [2.75, 3.05) is 5.32 Å². The van der Waals surface area contributed by atoms with Gasteiger partial charge in [-0.05, 0) is 48.9 Å². The summed E-state index contributed by atoms with van der Waals surface area (Å²) in [6.07, 6.45) is 0. The first-order valence-electron chi connectivity index (χ1n) is 5.53. The van der Waals surface area contributed by atoms with Gasteiger partial charge < -0.3 is 10.4 Å². The zero-order valence-corrected chi connectivity index (χ0v) is 10.1. The second-order valence-corrected chi connectivity index (χ2v) is 4.08. The molecule has 3 nitrogen and oxygen atoms in total. The molecule has 0 aliphatic carbocycles. The van der Waals surface area contributed by atoms with Gasteiger partial charge in [-0.1, -0.05) is 0 Å². The maximum Gasteiger partial charge on any atom is 0.258 e. The van der Waals surface area contributed by atoms with E-state index in [0.29, 0.717) is 11.3 Å². The summed E-state index contributed by atoms with van der Waals surface area (Å²) in [7, 11) is 0. The van der Waals surface area contributed by atoms with Crippen molar-refractivity contribution in [3.8, 4) is 5.75 Å². The Morgan fingerprint density at radius 2 is 1.89 bits per heavy atom. The third kappa shape index (κ3) is 2.88. The van der Waals surface area contributed by atoms with Crippen molar-refractivity contribution in [3.05, 3.63) is 59.2 Å². The van der Waals surface area contributed by atoms with E-state index in [0.717, 1.165) is 18.2 Å². The Morgan fingerprint density at radius 1 is 1.16 bits per heavy atom. The van der Waals surface area contributed by atoms with E-state index in [-0.39, 0.29) is 11.3 Å². The fraction of sp³-hybridized carbons (Fsp3) is 0.0714. The Morgan fingerprint density at radius 3 is 2.58 bits per heavy atom. The number of halogens is 2. The molecule has 0 fully saturated rings. The maximum atomic E-state index is 13.4. The van der Waals surface area contributed by atoms with Gasteiger partial charge in [0.25, 0.3) is 5.91 Å². The van der Waals surface area contributed by atoms with Crippen molar-refractivity contribution in [2.24, 2.45) is 0 Å². The highest BCUT2D eigenvalue weighted by molar-refractivity contribution is 6.04. The Hall–Kier alpha value is -2.43. The first-order chi connectivity index (χ1) is 8.97. The van der Waals surface area contributed by atoms with Crippen LogP contribution in [0.4, 0.5) is 14.5 Å². The van der Waals surface area contributed by atoms with Crippen LogP contribution in [-0.2, 0) is 0 Å². The number of hydrogen-bond acceptors (Lipinski definition) is 2. The second kappa shape index (κ2) is 5.06. The van der Waals surface area contributed by atoms with E-state index in [4.69, 9.17) is 0 Å². The van der Waals surface area contributed by atoms with Crippen LogP contribution in [-0.4, -0.2) is 11.0 Å². The molecule has 1 amide bonds. The zero-order valence-electron chi connectivity index (χ0n) is 10.1. The number of hydrogen-bond donors (Lipinski definition) is 2. The van der Waals surface area contributed by atoms with Crippen molar-refractivity contribution in [1.82, 2.24) is 0 Å². The highest BCUT2D eigenvalue weighted by Crippen LogP contribution is 2.21. The summed E-state index contributed by atoms with van der Waals surface area (Å²) in [6.45, 7) is 1.66. The number of carbonyl (C=O) groups excluding carboxylic acids is 1. The lowest BCUT2D eigenvalue weighted by Gasteiger charge is -2.08. The minimum Gasteiger partial charge on any atom is -0.508 e. The Labute approximate surface area is 108 Å². The number of phenolic OH excluding ortho intramolecular Hbond substituents is 1. The molecular formula is C14H11F2NO2. The molecule has 2 N–H and O–H groups in total. The van der Waals surface area contributed by atoms with Gasteiger partial charge in [-0.15, -0.1) is 0 Å². The molecule has 0 unspecified atom stereocenters. The molecule has 19 heavy (non-hydrogen) atoms. The summed E-state index contributed by atoms with van der Waals surface area (Å²) < 4.78 is 26.4. The summed E-state index contributed by atoms with van der Waals surface area (Å²) in [4.78, 5) is 11.8. The molecular weight excluding hydrogens is 252 g/mol. The van der Waals surface area contributed by atoms with Crippen LogP contribution in [0.15, 0.2) is 36.4 Å². The lowest BCUT2D eigenvalue weighted by Crippen LogP contribution is -2.14. The molecule has 0 atom stereocenters. The highest BCUT2D eigenvalue weighted by Gasteiger charge is 2.13. The predicted molar refractivity (Wildman–Crippen MR) is 67.2 cm³/mol. The molecule has 2 rings (SSSR count). The largest absolute Gasteiger partial charge is 0.508 e. The van der Waals surface area contributed by atoms with E-state index in [1.165, 1.54) is 18.2 Å². The molecule has 0 saturated carbocycles. The molecule has 2 aromatic rings. The number of phenols is 1. The van der Waals surface area contributed by atoms with E-state index >= 15 is 0 Å². The number of benzene rings is 2. The monoisotopic (exact) mass is 263 g/mol. The van der Waals surface area contributed by atoms with E-state index in [1.807, 2.05) is 0 Å². The minimum atomic E-state index is -0.797. The molecule has 0 aromatic heterocycles. The van der Waals surface area contributed by atoms with E-state index in [9.17, 15) is 18.7 Å². The van der Waals surface area contributed by atoms with Gasteiger partial charge >= 0.3 is 0 Å². The fourth-order valence-corrected chi connectivity index (χ4v) is 1.60. The van der Waals surface area contributed by atoms with Gasteiger partial charge in [0.15, 0.2) is 0 Å². The van der Waals surface area contributed by atoms with Crippen molar-refractivity contribution in [3.63, 3.8) is 0 Å². The van der Waals surface area contributed by atoms with Gasteiger partial charge in [-0.25, -0.2) is 8.78 Å². The molecule has 0 aliphatic heterocycles. The van der Waals surface area contributed by atoms with Crippen LogP contribution in [0.5, 0.6) is 5.75 Å². The minimum absolute atomic E-state index is 0.0925. The van der Waals surface area contributed by atoms with Gasteiger partial charge in [0.1, 0.15) is 17.4 Å². The summed E-state index contributed by atoms with van der Waals surface area (Å²) in [5.41, 5.74) is 0.590. The van der Waals surface area contributed by atoms with Crippen LogP contribution in [0.3, 0.4) is 0 Å². The first-order valence-corrected chi connectivity index (χ1v) is 5.53. The van der Waals surface area contributed by atoms with Crippen molar-refractivity contribution in [2.45, 2.75) is 6.92 Å². The number of amides is 1. The molecule has 2 aromatic carbocycles. The number of aromatic hydroxyl groups is 1. The third-order valence-corrected chi connectivity index (χ3v) is 2.63. The van der Waals surface area contributed by atoms with Gasteiger partial charge in [0.2, 0.25) is 0 Å². The molecule has 0 bridgehead atoms. The van der Waals surface area contributed by atoms with Gasteiger partial charge in [0, 0.05) is 5.69 Å². The van der Waals surface area contributed by atoms with Crippen LogP contribution in [0.2, 0.25) is 0 Å². The molecule has 0 radical (unpaired) electrons. The zero-order chi connectivity index (χ0) is 14.0. The third-order valence-electron chi connectivity index (χ3n) is 2.63. The standard InChI is InChI=1S/C14H11F2NO2/c1-8-6-10(3-5-13(8)18)17-14(19)11-7-9(15)2-4-12(11)16/h2-7,18H,1H3,(H,17,19). The average Bonchev–Trinajstić information content (AvgIpc) is 2.36. The maximum absolute atomic E-state index is 13.4. The molecule has 0 saturated heterocycles. The summed E-state index contributed by atoms with van der Waals surface area (Å²) in [5, 5.41) is 11.8. The summed E-state index contributed by atoms with van der Waals surface area (Å²) in [5.74, 6) is -2.14. The Balaban J connectivity index is 2.25. The fourth-order valence-electron chi connectivity index (χ4n) is 1.60. The van der Waals surface area contributed by atoms with Crippen molar-refractivity contribution in [1.29, 1.82) is 0 Å². The van der Waals surface area contributed by atoms with Gasteiger partial charge in [-0.3, -0.25) is 4.79 Å². The number of rotatable bonds is 2. The van der Waals surface area contributed by atoms with E-state index in [2.05, 4.69) is 5.32 Å². The van der Waals surface area contributed by atoms with Gasteiger partial charge in [-0.2, -0.15) is 0 Å². The smallest absolute Gasteiger partial charge is 0.258 e. The molecule has 0 spiro atoms. The van der Waals surface area contributed by atoms with Crippen LogP contribution in [0.25, 0.3) is 0 Å². The SMILES string of the molecule is Cc1cc(NC(=O)c2cc(F)ccc2F)ccc1O. The topological polar surface area (TPSA) is 49.3 Å². The Bertz CT molecular complexity index is 641. The molecule has 0 heterocycles. The second-order valence-electron chi connectivity index (χ2n) is 4.08. The summed E-state index contributed by atoms with van der Waals surface area (Å²) >= 11 is 0. The van der Waals surface area contributed by atoms with E-state index < -0.39 is 17.5 Å². The van der Waals surface area contributed by atoms with Crippen LogP contribution in [0.1, 0.15) is 15.9 Å². The lowest BCUT2D eigenvalue weighted by molar-refractivity contribution is 0.102. The number of nitrogens with one attached hydrogen (secondary N) is 1. The van der Waals surface area contributed by atoms with Gasteiger partial charge in [0.05, 0.1) is 5.56 Å². The summed E-state index contributed by atoms with van der Waals surface area (Å²) in [6, 6.07) is 7.08. The van der Waals surface area contributed by atoms with Crippen molar-refractivity contribution < 1.29 is 18.7 Å². The number of aryl methyl sites for hydroxylation is 1. The number of carbonyl (C=O) groups is 1. The van der Waals surface area contributed by atoms with Crippen LogP contribution >= 0.6 is 0 Å². The van der Waals surface area contributed by atoms with E-state index in [1.54, 1.807) is 6.92 Å². The van der Waals surface area contributed by atoms with Crippen molar-refractivity contribution >= 4 is 11.6 Å². The normalized spacial score (nSPS) is 10.3.